The maximum Gasteiger partial charge on any atom is 0.00928 e. The molecule has 0 unspecified atom stereocenters. The zero-order chi connectivity index (χ0) is 8.27. The fourth-order valence-corrected chi connectivity index (χ4v) is 2.26. The first-order valence-corrected chi connectivity index (χ1v) is 5.05. The van der Waals surface area contributed by atoms with Crippen molar-refractivity contribution in [2.24, 2.45) is 0 Å². The Kier molecular flexibility index (Phi) is 3.38. The van der Waals surface area contributed by atoms with Crippen molar-refractivity contribution in [2.45, 2.75) is 58.5 Å². The second kappa shape index (κ2) is 4.10. The molecule has 0 aliphatic carbocycles. The highest BCUT2D eigenvalue weighted by molar-refractivity contribution is 4.80. The third-order valence-electron chi connectivity index (χ3n) is 3.02. The van der Waals surface area contributed by atoms with E-state index in [0.717, 1.165) is 12.1 Å². The SMILES string of the molecule is CCC(CC)N1CCC[C@H]1C. The van der Waals surface area contributed by atoms with E-state index < -0.39 is 0 Å². The normalized spacial score (nSPS) is 26.7. The van der Waals surface area contributed by atoms with Gasteiger partial charge in [-0.15, -0.1) is 0 Å². The Morgan fingerprint density at radius 2 is 2.00 bits per heavy atom. The number of likely N-dealkylation sites (tertiary alicyclic amines) is 1. The van der Waals surface area contributed by atoms with Crippen LogP contribution in [0.5, 0.6) is 0 Å². The molecule has 0 aromatic rings. The van der Waals surface area contributed by atoms with E-state index in [4.69, 9.17) is 0 Å². The quantitative estimate of drug-likeness (QED) is 0.605. The Balaban J connectivity index is 2.43. The van der Waals surface area contributed by atoms with Crippen LogP contribution in [0.3, 0.4) is 0 Å². The molecule has 1 saturated heterocycles. The van der Waals surface area contributed by atoms with Gasteiger partial charge in [0.15, 0.2) is 0 Å². The van der Waals surface area contributed by atoms with Crippen molar-refractivity contribution in [2.75, 3.05) is 6.54 Å². The average Bonchev–Trinajstić information content (AvgIpc) is 2.40. The van der Waals surface area contributed by atoms with Crippen LogP contribution in [0, 0.1) is 0 Å². The van der Waals surface area contributed by atoms with Gasteiger partial charge < -0.3 is 0 Å². The number of rotatable bonds is 3. The van der Waals surface area contributed by atoms with E-state index >= 15 is 0 Å². The van der Waals surface area contributed by atoms with Gasteiger partial charge in [-0.25, -0.2) is 0 Å². The summed E-state index contributed by atoms with van der Waals surface area (Å²) in [6.07, 6.45) is 5.47. The lowest BCUT2D eigenvalue weighted by Gasteiger charge is -2.29. The van der Waals surface area contributed by atoms with Crippen LogP contribution >= 0.6 is 0 Å². The highest BCUT2D eigenvalue weighted by Gasteiger charge is 2.24. The van der Waals surface area contributed by atoms with E-state index in [1.807, 2.05) is 0 Å². The molecule has 0 aromatic heterocycles. The molecule has 0 saturated carbocycles. The molecule has 1 atom stereocenters. The number of hydrogen-bond donors (Lipinski definition) is 0. The lowest BCUT2D eigenvalue weighted by Crippen LogP contribution is -2.36. The predicted molar refractivity (Wildman–Crippen MR) is 49.8 cm³/mol. The van der Waals surface area contributed by atoms with Gasteiger partial charge in [-0.3, -0.25) is 4.90 Å². The summed E-state index contributed by atoms with van der Waals surface area (Å²) >= 11 is 0. The van der Waals surface area contributed by atoms with Gasteiger partial charge in [-0.05, 0) is 39.2 Å². The second-order valence-electron chi connectivity index (χ2n) is 3.70. The van der Waals surface area contributed by atoms with Gasteiger partial charge in [0, 0.05) is 12.1 Å². The van der Waals surface area contributed by atoms with Crippen LogP contribution < -0.4 is 0 Å². The van der Waals surface area contributed by atoms with Crippen molar-refractivity contribution in [3.8, 4) is 0 Å². The summed E-state index contributed by atoms with van der Waals surface area (Å²) in [4.78, 5) is 2.68. The summed E-state index contributed by atoms with van der Waals surface area (Å²) in [5.41, 5.74) is 0. The Hall–Kier alpha value is -0.0400. The summed E-state index contributed by atoms with van der Waals surface area (Å²) in [7, 11) is 0. The van der Waals surface area contributed by atoms with E-state index in [-0.39, 0.29) is 0 Å². The van der Waals surface area contributed by atoms with Crippen LogP contribution in [0.25, 0.3) is 0 Å². The Morgan fingerprint density at radius 3 is 2.36 bits per heavy atom. The van der Waals surface area contributed by atoms with Gasteiger partial charge >= 0.3 is 0 Å². The molecular weight excluding hydrogens is 134 g/mol. The molecule has 1 nitrogen and oxygen atoms in total. The third kappa shape index (κ3) is 1.96. The molecule has 11 heavy (non-hydrogen) atoms. The molecule has 0 aromatic carbocycles. The Labute approximate surface area is 70.8 Å². The van der Waals surface area contributed by atoms with E-state index in [0.29, 0.717) is 0 Å². The highest BCUT2D eigenvalue weighted by Crippen LogP contribution is 2.22. The number of nitrogens with zero attached hydrogens (tertiary/aromatic N) is 1. The zero-order valence-corrected chi connectivity index (χ0v) is 8.14. The summed E-state index contributed by atoms with van der Waals surface area (Å²) < 4.78 is 0. The van der Waals surface area contributed by atoms with Crippen molar-refractivity contribution in [3.63, 3.8) is 0 Å². The van der Waals surface area contributed by atoms with Gasteiger partial charge in [0.2, 0.25) is 0 Å². The topological polar surface area (TPSA) is 3.24 Å². The second-order valence-corrected chi connectivity index (χ2v) is 3.70. The highest BCUT2D eigenvalue weighted by atomic mass is 15.2. The smallest absolute Gasteiger partial charge is 0.00928 e. The van der Waals surface area contributed by atoms with Crippen molar-refractivity contribution in [1.82, 2.24) is 4.90 Å². The van der Waals surface area contributed by atoms with E-state index in [1.54, 1.807) is 0 Å². The fourth-order valence-electron chi connectivity index (χ4n) is 2.26. The van der Waals surface area contributed by atoms with Crippen molar-refractivity contribution in [1.29, 1.82) is 0 Å². The Bertz CT molecular complexity index is 107. The molecular formula is C10H21N. The molecule has 0 amide bonds. The fraction of sp³-hybridized carbons (Fsp3) is 1.00. The minimum absolute atomic E-state index is 0.847. The minimum atomic E-state index is 0.847. The summed E-state index contributed by atoms with van der Waals surface area (Å²) in [5.74, 6) is 0. The van der Waals surface area contributed by atoms with Gasteiger partial charge in [-0.1, -0.05) is 13.8 Å². The molecule has 1 rings (SSSR count). The van der Waals surface area contributed by atoms with Crippen molar-refractivity contribution >= 4 is 0 Å². The van der Waals surface area contributed by atoms with Crippen LogP contribution in [0.2, 0.25) is 0 Å². The molecule has 66 valence electrons. The van der Waals surface area contributed by atoms with Crippen LogP contribution in [-0.4, -0.2) is 23.5 Å². The first-order chi connectivity index (χ1) is 5.29. The van der Waals surface area contributed by atoms with E-state index in [1.165, 1.54) is 32.2 Å². The molecule has 1 aliphatic heterocycles. The van der Waals surface area contributed by atoms with Crippen LogP contribution in [0.1, 0.15) is 46.5 Å². The van der Waals surface area contributed by atoms with Crippen LogP contribution in [-0.2, 0) is 0 Å². The van der Waals surface area contributed by atoms with Crippen LogP contribution in [0.4, 0.5) is 0 Å². The minimum Gasteiger partial charge on any atom is -0.298 e. The lowest BCUT2D eigenvalue weighted by atomic mass is 10.1. The monoisotopic (exact) mass is 155 g/mol. The summed E-state index contributed by atoms with van der Waals surface area (Å²) in [5, 5.41) is 0. The average molecular weight is 155 g/mol. The van der Waals surface area contributed by atoms with Gasteiger partial charge in [0.1, 0.15) is 0 Å². The predicted octanol–water partition coefficient (Wildman–Crippen LogP) is 2.66. The molecule has 1 aliphatic rings. The molecule has 1 heterocycles. The van der Waals surface area contributed by atoms with Gasteiger partial charge in [0.05, 0.1) is 0 Å². The van der Waals surface area contributed by atoms with Crippen molar-refractivity contribution in [3.05, 3.63) is 0 Å². The molecule has 0 N–H and O–H groups in total. The number of hydrogen-bond acceptors (Lipinski definition) is 1. The molecule has 1 fully saturated rings. The first-order valence-electron chi connectivity index (χ1n) is 5.05. The maximum atomic E-state index is 2.68. The maximum absolute atomic E-state index is 2.68. The van der Waals surface area contributed by atoms with Gasteiger partial charge in [0.25, 0.3) is 0 Å². The third-order valence-corrected chi connectivity index (χ3v) is 3.02. The zero-order valence-electron chi connectivity index (χ0n) is 8.14. The lowest BCUT2D eigenvalue weighted by molar-refractivity contribution is 0.180. The molecule has 0 bridgehead atoms. The summed E-state index contributed by atoms with van der Waals surface area (Å²) in [6, 6.07) is 1.70. The largest absolute Gasteiger partial charge is 0.298 e. The van der Waals surface area contributed by atoms with Gasteiger partial charge in [-0.2, -0.15) is 0 Å². The molecule has 0 radical (unpaired) electrons. The van der Waals surface area contributed by atoms with E-state index in [9.17, 15) is 0 Å². The molecule has 1 heteroatoms. The van der Waals surface area contributed by atoms with Crippen LogP contribution in [0.15, 0.2) is 0 Å². The summed E-state index contributed by atoms with van der Waals surface area (Å²) in [6.45, 7) is 8.32. The molecule has 0 spiro atoms. The van der Waals surface area contributed by atoms with E-state index in [2.05, 4.69) is 25.7 Å². The Morgan fingerprint density at radius 1 is 1.36 bits per heavy atom. The standard InChI is InChI=1S/C10H21N/c1-4-10(5-2)11-8-6-7-9(11)3/h9-10H,4-8H2,1-3H3/t9-/m1/s1. The first kappa shape index (κ1) is 9.05. The van der Waals surface area contributed by atoms with Crippen molar-refractivity contribution < 1.29 is 0 Å².